The molecule has 0 bridgehead atoms. The number of aromatic hydroxyl groups is 1. The zero-order chi connectivity index (χ0) is 19.8. The number of hydrogen-bond acceptors (Lipinski definition) is 8. The molecule has 1 aromatic carbocycles. The van der Waals surface area contributed by atoms with Gasteiger partial charge in [0.15, 0.2) is 10.9 Å². The van der Waals surface area contributed by atoms with Crippen LogP contribution in [0.15, 0.2) is 41.5 Å². The molecule has 0 radical (unpaired) electrons. The molecule has 0 spiro atoms. The molecular weight excluding hydrogens is 380 g/mol. The number of thioether (sulfide) groups is 1. The van der Waals surface area contributed by atoms with E-state index in [2.05, 4.69) is 16.8 Å². The Morgan fingerprint density at radius 2 is 2.25 bits per heavy atom. The lowest BCUT2D eigenvalue weighted by atomic mass is 9.95. The first-order valence-electron chi connectivity index (χ1n) is 9.05. The number of nitrogens with zero attached hydrogens (tertiary/aromatic N) is 4. The van der Waals surface area contributed by atoms with Gasteiger partial charge in [-0.3, -0.25) is 20.1 Å². The van der Waals surface area contributed by atoms with E-state index in [1.54, 1.807) is 30.9 Å². The van der Waals surface area contributed by atoms with Crippen molar-refractivity contribution < 1.29 is 14.8 Å². The molecule has 9 heteroatoms. The monoisotopic (exact) mass is 400 g/mol. The lowest BCUT2D eigenvalue weighted by Gasteiger charge is -2.27. The van der Waals surface area contributed by atoms with E-state index in [0.29, 0.717) is 17.4 Å². The van der Waals surface area contributed by atoms with Gasteiger partial charge in [0, 0.05) is 24.1 Å². The smallest absolute Gasteiger partial charge is 0.315 e. The number of nitro benzene ring substituents is 1. The van der Waals surface area contributed by atoms with E-state index < -0.39 is 10.7 Å². The SMILES string of the molecule is CCOc1cc([C@@H]2[C@@H](c3ccccn3)N=C3S[C@H](C)CN32)cc([N+](=O)[O-])c1O. The van der Waals surface area contributed by atoms with Crippen LogP contribution in [-0.2, 0) is 0 Å². The minimum atomic E-state index is -0.588. The average Bonchev–Trinajstić information content (AvgIpc) is 3.20. The zero-order valence-corrected chi connectivity index (χ0v) is 16.3. The number of phenols is 1. The maximum absolute atomic E-state index is 11.5. The van der Waals surface area contributed by atoms with E-state index in [-0.39, 0.29) is 23.5 Å². The molecule has 3 atom stereocenters. The molecule has 2 aliphatic rings. The summed E-state index contributed by atoms with van der Waals surface area (Å²) >= 11 is 1.69. The largest absolute Gasteiger partial charge is 0.500 e. The van der Waals surface area contributed by atoms with Gasteiger partial charge < -0.3 is 14.7 Å². The second kappa shape index (κ2) is 7.31. The van der Waals surface area contributed by atoms with Crippen molar-refractivity contribution >= 4 is 22.6 Å². The summed E-state index contributed by atoms with van der Waals surface area (Å²) in [6.07, 6.45) is 1.72. The summed E-state index contributed by atoms with van der Waals surface area (Å²) in [5.74, 6) is -0.340. The van der Waals surface area contributed by atoms with E-state index >= 15 is 0 Å². The van der Waals surface area contributed by atoms with Gasteiger partial charge in [0.05, 0.1) is 23.3 Å². The normalized spacial score (nSPS) is 23.4. The van der Waals surface area contributed by atoms with Crippen LogP contribution in [0.4, 0.5) is 5.69 Å². The Hall–Kier alpha value is -2.81. The number of benzene rings is 1. The van der Waals surface area contributed by atoms with Crippen LogP contribution in [0.2, 0.25) is 0 Å². The lowest BCUT2D eigenvalue weighted by Crippen LogP contribution is -2.28. The van der Waals surface area contributed by atoms with E-state index in [1.165, 1.54) is 6.07 Å². The van der Waals surface area contributed by atoms with Crippen LogP contribution in [0.1, 0.15) is 37.2 Å². The van der Waals surface area contributed by atoms with Crippen molar-refractivity contribution in [1.29, 1.82) is 0 Å². The van der Waals surface area contributed by atoms with Gasteiger partial charge in [0.1, 0.15) is 6.04 Å². The summed E-state index contributed by atoms with van der Waals surface area (Å²) < 4.78 is 5.47. The molecule has 28 heavy (non-hydrogen) atoms. The average molecular weight is 400 g/mol. The molecule has 1 N–H and O–H groups in total. The number of hydrogen-bond donors (Lipinski definition) is 1. The number of nitro groups is 1. The number of ether oxygens (including phenoxy) is 1. The van der Waals surface area contributed by atoms with Crippen LogP contribution in [0.5, 0.6) is 11.5 Å². The standard InChI is InChI=1S/C19H20N4O4S/c1-3-27-15-9-12(8-14(18(15)24)23(25)26)17-16(13-6-4-5-7-20-13)21-19-22(17)10-11(2)28-19/h4-9,11,16-17,24H,3,10H2,1-2H3/t11-,16-,17-/m1/s1. The van der Waals surface area contributed by atoms with Crippen molar-refractivity contribution in [2.45, 2.75) is 31.2 Å². The van der Waals surface area contributed by atoms with Gasteiger partial charge in [-0.05, 0) is 30.7 Å². The summed E-state index contributed by atoms with van der Waals surface area (Å²) in [5.41, 5.74) is 1.11. The van der Waals surface area contributed by atoms with Crippen molar-refractivity contribution in [1.82, 2.24) is 9.88 Å². The first-order chi connectivity index (χ1) is 13.5. The van der Waals surface area contributed by atoms with Gasteiger partial charge in [-0.25, -0.2) is 0 Å². The predicted octanol–water partition coefficient (Wildman–Crippen LogP) is 3.68. The van der Waals surface area contributed by atoms with Crippen LogP contribution in [-0.4, -0.2) is 43.5 Å². The quantitative estimate of drug-likeness (QED) is 0.603. The number of amidine groups is 1. The van der Waals surface area contributed by atoms with Gasteiger partial charge in [0.25, 0.3) is 0 Å². The third-order valence-electron chi connectivity index (χ3n) is 4.80. The van der Waals surface area contributed by atoms with Gasteiger partial charge in [0.2, 0.25) is 5.75 Å². The zero-order valence-electron chi connectivity index (χ0n) is 15.5. The van der Waals surface area contributed by atoms with Gasteiger partial charge in [-0.15, -0.1) is 0 Å². The van der Waals surface area contributed by atoms with Gasteiger partial charge in [-0.1, -0.05) is 24.8 Å². The summed E-state index contributed by atoms with van der Waals surface area (Å²) in [5, 5.41) is 23.1. The van der Waals surface area contributed by atoms with Crippen LogP contribution in [0.25, 0.3) is 0 Å². The Bertz CT molecular complexity index is 937. The molecule has 0 amide bonds. The second-order valence-electron chi connectivity index (χ2n) is 6.71. The minimum absolute atomic E-state index is 0.111. The molecule has 1 aromatic heterocycles. The third kappa shape index (κ3) is 3.15. The fraction of sp³-hybridized carbons (Fsp3) is 0.368. The number of rotatable bonds is 5. The van der Waals surface area contributed by atoms with Crippen molar-refractivity contribution in [2.75, 3.05) is 13.2 Å². The lowest BCUT2D eigenvalue weighted by molar-refractivity contribution is -0.386. The summed E-state index contributed by atoms with van der Waals surface area (Å²) in [7, 11) is 0. The fourth-order valence-corrected chi connectivity index (χ4v) is 4.76. The summed E-state index contributed by atoms with van der Waals surface area (Å²) in [4.78, 5) is 22.4. The number of phenolic OH excluding ortho intramolecular Hbond substituents is 1. The Morgan fingerprint density at radius 1 is 1.43 bits per heavy atom. The van der Waals surface area contributed by atoms with E-state index in [1.807, 2.05) is 18.2 Å². The van der Waals surface area contributed by atoms with E-state index in [0.717, 1.165) is 17.4 Å². The molecule has 4 rings (SSSR count). The number of pyridine rings is 1. The summed E-state index contributed by atoms with van der Waals surface area (Å²) in [6.45, 7) is 4.98. The highest BCUT2D eigenvalue weighted by Crippen LogP contribution is 2.50. The molecular formula is C19H20N4O4S. The van der Waals surface area contributed by atoms with Crippen molar-refractivity contribution in [3.8, 4) is 11.5 Å². The number of aliphatic imine (C=N–C) groups is 1. The Labute approximate surface area is 166 Å². The topological polar surface area (TPSA) is 101 Å². The Morgan fingerprint density at radius 3 is 2.93 bits per heavy atom. The maximum atomic E-state index is 11.5. The molecule has 8 nitrogen and oxygen atoms in total. The highest BCUT2D eigenvalue weighted by molar-refractivity contribution is 8.14. The van der Waals surface area contributed by atoms with Crippen molar-refractivity contribution in [2.24, 2.45) is 4.99 Å². The van der Waals surface area contributed by atoms with Crippen molar-refractivity contribution in [3.63, 3.8) is 0 Å². The van der Waals surface area contributed by atoms with Gasteiger partial charge >= 0.3 is 5.69 Å². The first-order valence-corrected chi connectivity index (χ1v) is 9.93. The highest BCUT2D eigenvalue weighted by Gasteiger charge is 2.44. The molecule has 1 saturated heterocycles. The fourth-order valence-electron chi connectivity index (χ4n) is 3.67. The highest BCUT2D eigenvalue weighted by atomic mass is 32.2. The van der Waals surface area contributed by atoms with Gasteiger partial charge in [-0.2, -0.15) is 0 Å². The van der Waals surface area contributed by atoms with Crippen LogP contribution >= 0.6 is 11.8 Å². The van der Waals surface area contributed by atoms with Crippen LogP contribution in [0.3, 0.4) is 0 Å². The first kappa shape index (κ1) is 18.5. The maximum Gasteiger partial charge on any atom is 0.315 e. The molecule has 0 unspecified atom stereocenters. The molecule has 3 heterocycles. The predicted molar refractivity (Wildman–Crippen MR) is 107 cm³/mol. The molecule has 1 fully saturated rings. The number of aromatic nitrogens is 1. The van der Waals surface area contributed by atoms with Crippen LogP contribution in [0, 0.1) is 10.1 Å². The van der Waals surface area contributed by atoms with Crippen LogP contribution < -0.4 is 4.74 Å². The molecule has 0 aliphatic carbocycles. The minimum Gasteiger partial charge on any atom is -0.500 e. The molecule has 2 aromatic rings. The molecule has 2 aliphatic heterocycles. The third-order valence-corrected chi connectivity index (χ3v) is 5.90. The summed E-state index contributed by atoms with van der Waals surface area (Å²) in [6, 6.07) is 8.23. The number of fused-ring (bicyclic) bond motifs is 1. The second-order valence-corrected chi connectivity index (χ2v) is 8.12. The molecule has 0 saturated carbocycles. The Balaban J connectivity index is 1.84. The van der Waals surface area contributed by atoms with Crippen molar-refractivity contribution in [3.05, 3.63) is 57.9 Å². The van der Waals surface area contributed by atoms with E-state index in [4.69, 9.17) is 9.73 Å². The van der Waals surface area contributed by atoms with E-state index in [9.17, 15) is 15.2 Å². The Kier molecular flexibility index (Phi) is 4.84. The molecule has 146 valence electrons.